The third-order valence-electron chi connectivity index (χ3n) is 5.54. The molecule has 170 valence electrons. The van der Waals surface area contributed by atoms with E-state index in [1.54, 1.807) is 53.1 Å². The topological polar surface area (TPSA) is 101 Å². The summed E-state index contributed by atoms with van der Waals surface area (Å²) in [6.45, 7) is 0.313. The van der Waals surface area contributed by atoms with Crippen LogP contribution in [0.3, 0.4) is 0 Å². The summed E-state index contributed by atoms with van der Waals surface area (Å²) < 4.78 is 14.4. The van der Waals surface area contributed by atoms with Gasteiger partial charge in [-0.1, -0.05) is 30.3 Å². The summed E-state index contributed by atoms with van der Waals surface area (Å²) in [6, 6.07) is 19.4. The fraction of sp³-hybridized carbons (Fsp3) is 0.120. The third kappa shape index (κ3) is 3.73. The molecule has 0 N–H and O–H groups in total. The van der Waals surface area contributed by atoms with Gasteiger partial charge in [0.2, 0.25) is 0 Å². The molecule has 9 nitrogen and oxygen atoms in total. The van der Waals surface area contributed by atoms with Crippen LogP contribution in [0.5, 0.6) is 0 Å². The Morgan fingerprint density at radius 3 is 2.41 bits per heavy atom. The second kappa shape index (κ2) is 8.70. The molecule has 5 rings (SSSR count). The Kier molecular flexibility index (Phi) is 5.43. The smallest absolute Gasteiger partial charge is 0.337 e. The van der Waals surface area contributed by atoms with Crippen molar-refractivity contribution in [2.75, 3.05) is 7.11 Å². The number of furan rings is 1. The standard InChI is InChI=1S/C25H20N4O5/c1-33-24(31)18-11-9-17(10-12-18)14-27-16-26-22-21(27)23(30)28(15-20-8-5-13-34-20)25(32)29(22)19-6-3-2-4-7-19/h2-13,16H,14-15H2,1H3. The Morgan fingerprint density at radius 2 is 1.74 bits per heavy atom. The normalized spacial score (nSPS) is 11.1. The molecule has 0 unspecified atom stereocenters. The Balaban J connectivity index is 1.67. The van der Waals surface area contributed by atoms with Gasteiger partial charge in [0.05, 0.1) is 37.5 Å². The predicted octanol–water partition coefficient (Wildman–Crippen LogP) is 2.83. The van der Waals surface area contributed by atoms with Gasteiger partial charge in [0.1, 0.15) is 5.76 Å². The molecule has 34 heavy (non-hydrogen) atoms. The first-order valence-electron chi connectivity index (χ1n) is 10.5. The Hall–Kier alpha value is -4.66. The monoisotopic (exact) mass is 456 g/mol. The van der Waals surface area contributed by atoms with E-state index in [1.807, 2.05) is 18.2 Å². The Morgan fingerprint density at radius 1 is 0.971 bits per heavy atom. The zero-order valence-electron chi connectivity index (χ0n) is 18.2. The molecule has 9 heteroatoms. The van der Waals surface area contributed by atoms with E-state index in [0.717, 1.165) is 10.1 Å². The van der Waals surface area contributed by atoms with Crippen LogP contribution < -0.4 is 11.2 Å². The lowest BCUT2D eigenvalue weighted by molar-refractivity contribution is 0.0600. The molecule has 0 spiro atoms. The van der Waals surface area contributed by atoms with Crippen LogP contribution in [0, 0.1) is 0 Å². The van der Waals surface area contributed by atoms with Gasteiger partial charge in [-0.2, -0.15) is 0 Å². The summed E-state index contributed by atoms with van der Waals surface area (Å²) in [5, 5.41) is 0. The number of fused-ring (bicyclic) bond motifs is 1. The van der Waals surface area contributed by atoms with Crippen LogP contribution in [0.1, 0.15) is 21.7 Å². The molecular formula is C25H20N4O5. The summed E-state index contributed by atoms with van der Waals surface area (Å²) in [6.07, 6.45) is 3.03. The van der Waals surface area contributed by atoms with Crippen molar-refractivity contribution in [3.8, 4) is 5.69 Å². The molecule has 2 aromatic carbocycles. The van der Waals surface area contributed by atoms with Crippen molar-refractivity contribution in [1.82, 2.24) is 18.7 Å². The number of para-hydroxylation sites is 1. The van der Waals surface area contributed by atoms with Gasteiger partial charge in [-0.3, -0.25) is 9.36 Å². The van der Waals surface area contributed by atoms with Gasteiger partial charge in [-0.15, -0.1) is 0 Å². The van der Waals surface area contributed by atoms with Gasteiger partial charge < -0.3 is 13.7 Å². The first kappa shape index (κ1) is 21.2. The molecule has 0 radical (unpaired) electrons. The molecule has 0 bridgehead atoms. The Labute approximate surface area is 193 Å². The highest BCUT2D eigenvalue weighted by Crippen LogP contribution is 2.16. The summed E-state index contributed by atoms with van der Waals surface area (Å²) in [5.74, 6) is 0.0648. The van der Waals surface area contributed by atoms with Crippen LogP contribution in [0.2, 0.25) is 0 Å². The van der Waals surface area contributed by atoms with E-state index in [9.17, 15) is 14.4 Å². The van der Waals surface area contributed by atoms with Crippen LogP contribution in [-0.2, 0) is 17.8 Å². The van der Waals surface area contributed by atoms with Crippen LogP contribution in [-0.4, -0.2) is 31.8 Å². The molecule has 0 aliphatic heterocycles. The maximum Gasteiger partial charge on any atom is 0.337 e. The largest absolute Gasteiger partial charge is 0.467 e. The van der Waals surface area contributed by atoms with E-state index in [-0.39, 0.29) is 17.7 Å². The summed E-state index contributed by atoms with van der Waals surface area (Å²) in [7, 11) is 1.33. The summed E-state index contributed by atoms with van der Waals surface area (Å²) in [4.78, 5) is 43.1. The highest BCUT2D eigenvalue weighted by molar-refractivity contribution is 5.89. The van der Waals surface area contributed by atoms with Crippen molar-refractivity contribution in [3.63, 3.8) is 0 Å². The fourth-order valence-corrected chi connectivity index (χ4v) is 3.87. The van der Waals surface area contributed by atoms with Gasteiger partial charge >= 0.3 is 11.7 Å². The Bertz CT molecular complexity index is 1580. The van der Waals surface area contributed by atoms with Crippen molar-refractivity contribution in [2.45, 2.75) is 13.1 Å². The molecule has 0 saturated heterocycles. The summed E-state index contributed by atoms with van der Waals surface area (Å²) >= 11 is 0. The number of carbonyl (C=O) groups is 1. The second-order valence-corrected chi connectivity index (χ2v) is 7.66. The first-order chi connectivity index (χ1) is 16.6. The number of hydrogen-bond donors (Lipinski definition) is 0. The number of benzene rings is 2. The van der Waals surface area contributed by atoms with Crippen molar-refractivity contribution in [1.29, 1.82) is 0 Å². The van der Waals surface area contributed by atoms with Gasteiger partial charge in [-0.25, -0.2) is 19.1 Å². The minimum atomic E-state index is -0.507. The number of hydrogen-bond acceptors (Lipinski definition) is 6. The molecule has 0 saturated carbocycles. The van der Waals surface area contributed by atoms with E-state index < -0.39 is 17.2 Å². The first-order valence-corrected chi connectivity index (χ1v) is 10.5. The number of nitrogens with zero attached hydrogens (tertiary/aromatic N) is 4. The van der Waals surface area contributed by atoms with Gasteiger partial charge in [-0.05, 0) is 42.0 Å². The molecule has 0 fully saturated rings. The maximum atomic E-state index is 13.5. The SMILES string of the molecule is COC(=O)c1ccc(Cn2cnc3c2c(=O)n(Cc2ccco2)c(=O)n3-c2ccccc2)cc1. The molecule has 3 heterocycles. The van der Waals surface area contributed by atoms with Gasteiger partial charge in [0, 0.05) is 6.54 Å². The molecule has 0 amide bonds. The number of carbonyl (C=O) groups excluding carboxylic acids is 1. The average Bonchev–Trinajstić information content (AvgIpc) is 3.53. The fourth-order valence-electron chi connectivity index (χ4n) is 3.87. The van der Waals surface area contributed by atoms with Gasteiger partial charge in [0.25, 0.3) is 5.56 Å². The van der Waals surface area contributed by atoms with Crippen molar-refractivity contribution < 1.29 is 13.9 Å². The zero-order chi connectivity index (χ0) is 23.7. The number of rotatable bonds is 6. The molecule has 5 aromatic rings. The molecule has 0 aliphatic carbocycles. The van der Waals surface area contributed by atoms with E-state index >= 15 is 0 Å². The summed E-state index contributed by atoms with van der Waals surface area (Å²) in [5.41, 5.74) is 1.45. The van der Waals surface area contributed by atoms with Crippen LogP contribution in [0.4, 0.5) is 0 Å². The predicted molar refractivity (Wildman–Crippen MR) is 124 cm³/mol. The minimum Gasteiger partial charge on any atom is -0.467 e. The number of imidazole rings is 1. The second-order valence-electron chi connectivity index (χ2n) is 7.66. The van der Waals surface area contributed by atoms with Crippen molar-refractivity contribution >= 4 is 17.1 Å². The highest BCUT2D eigenvalue weighted by Gasteiger charge is 2.20. The molecule has 0 atom stereocenters. The number of ether oxygens (including phenoxy) is 1. The molecular weight excluding hydrogens is 436 g/mol. The van der Waals surface area contributed by atoms with Crippen LogP contribution >= 0.6 is 0 Å². The average molecular weight is 456 g/mol. The minimum absolute atomic E-state index is 0.00749. The third-order valence-corrected chi connectivity index (χ3v) is 5.54. The number of aromatic nitrogens is 4. The quantitative estimate of drug-likeness (QED) is 0.364. The van der Waals surface area contributed by atoms with E-state index in [0.29, 0.717) is 23.6 Å². The van der Waals surface area contributed by atoms with E-state index in [2.05, 4.69) is 4.98 Å². The molecule has 0 aliphatic rings. The lowest BCUT2D eigenvalue weighted by atomic mass is 10.1. The van der Waals surface area contributed by atoms with E-state index in [4.69, 9.17) is 9.15 Å². The van der Waals surface area contributed by atoms with Crippen LogP contribution in [0.15, 0.2) is 93.3 Å². The van der Waals surface area contributed by atoms with Crippen molar-refractivity contribution in [2.24, 2.45) is 0 Å². The highest BCUT2D eigenvalue weighted by atomic mass is 16.5. The zero-order valence-corrected chi connectivity index (χ0v) is 18.2. The van der Waals surface area contributed by atoms with E-state index in [1.165, 1.54) is 24.3 Å². The molecule has 3 aromatic heterocycles. The lowest BCUT2D eigenvalue weighted by Crippen LogP contribution is -2.40. The van der Waals surface area contributed by atoms with Crippen LogP contribution in [0.25, 0.3) is 16.9 Å². The van der Waals surface area contributed by atoms with Gasteiger partial charge in [0.15, 0.2) is 11.2 Å². The number of methoxy groups -OCH3 is 1. The maximum absolute atomic E-state index is 13.5. The lowest BCUT2D eigenvalue weighted by Gasteiger charge is -2.12. The van der Waals surface area contributed by atoms with Crippen molar-refractivity contribution in [3.05, 3.63) is 117 Å². The number of esters is 1.